The van der Waals surface area contributed by atoms with Crippen molar-refractivity contribution >= 4 is 11.9 Å². The molecule has 1 aromatic heterocycles. The first-order valence-corrected chi connectivity index (χ1v) is 5.87. The van der Waals surface area contributed by atoms with Crippen LogP contribution in [0.2, 0.25) is 0 Å². The van der Waals surface area contributed by atoms with Gasteiger partial charge in [0.25, 0.3) is 0 Å². The number of hydrazine groups is 1. The number of hydrogen-bond donors (Lipinski definition) is 2. The molecular formula is C11H16N6O. The summed E-state index contributed by atoms with van der Waals surface area (Å²) in [4.78, 5) is 14.5. The molecule has 7 nitrogen and oxygen atoms in total. The second-order valence-electron chi connectivity index (χ2n) is 3.93. The van der Waals surface area contributed by atoms with Crippen molar-refractivity contribution < 1.29 is 4.74 Å². The van der Waals surface area contributed by atoms with Gasteiger partial charge in [0.1, 0.15) is 0 Å². The zero-order valence-electron chi connectivity index (χ0n) is 10.1. The van der Waals surface area contributed by atoms with E-state index in [1.165, 1.54) is 6.42 Å². The fourth-order valence-corrected chi connectivity index (χ4v) is 1.82. The Kier molecular flexibility index (Phi) is 4.15. The van der Waals surface area contributed by atoms with Gasteiger partial charge in [-0.2, -0.15) is 15.0 Å². The minimum Gasteiger partial charge on any atom is -0.450 e. The third-order valence-electron chi connectivity index (χ3n) is 2.66. The minimum atomic E-state index is 0.119. The van der Waals surface area contributed by atoms with Gasteiger partial charge < -0.3 is 9.64 Å². The normalized spacial score (nSPS) is 15.0. The zero-order chi connectivity index (χ0) is 12.8. The molecule has 0 atom stereocenters. The van der Waals surface area contributed by atoms with Gasteiger partial charge in [-0.25, -0.2) is 5.84 Å². The Balaban J connectivity index is 2.19. The maximum atomic E-state index is 5.33. The molecule has 1 aliphatic heterocycles. The van der Waals surface area contributed by atoms with E-state index in [1.807, 2.05) is 0 Å². The molecule has 0 unspecified atom stereocenters. The molecule has 1 aliphatic rings. The molecule has 0 radical (unpaired) electrons. The van der Waals surface area contributed by atoms with E-state index in [9.17, 15) is 0 Å². The highest BCUT2D eigenvalue weighted by atomic mass is 16.5. The van der Waals surface area contributed by atoms with E-state index in [0.717, 1.165) is 25.9 Å². The van der Waals surface area contributed by atoms with Crippen LogP contribution in [0.25, 0.3) is 0 Å². The third kappa shape index (κ3) is 2.99. The summed E-state index contributed by atoms with van der Waals surface area (Å²) in [6.07, 6.45) is 8.64. The highest BCUT2D eigenvalue weighted by Crippen LogP contribution is 2.18. The maximum Gasteiger partial charge on any atom is 0.324 e. The minimum absolute atomic E-state index is 0.119. The Hall–Kier alpha value is -2.07. The van der Waals surface area contributed by atoms with Crippen molar-refractivity contribution in [2.45, 2.75) is 19.3 Å². The summed E-state index contributed by atoms with van der Waals surface area (Å²) >= 11 is 0. The number of anilines is 2. The highest BCUT2D eigenvalue weighted by Gasteiger charge is 2.16. The molecule has 2 rings (SSSR count). The molecule has 0 amide bonds. The van der Waals surface area contributed by atoms with Gasteiger partial charge >= 0.3 is 6.01 Å². The summed E-state index contributed by atoms with van der Waals surface area (Å²) in [5.41, 5.74) is 2.40. The van der Waals surface area contributed by atoms with Gasteiger partial charge in [-0.3, -0.25) is 5.43 Å². The number of nitrogens with one attached hydrogen (secondary N) is 1. The number of aromatic nitrogens is 3. The SMILES string of the molecule is C#CCOc1nc(NN)nc(N2CCCCC2)n1. The van der Waals surface area contributed by atoms with E-state index in [2.05, 4.69) is 31.2 Å². The van der Waals surface area contributed by atoms with Crippen LogP contribution in [-0.4, -0.2) is 34.6 Å². The Bertz CT molecular complexity index is 438. The summed E-state index contributed by atoms with van der Waals surface area (Å²) in [7, 11) is 0. The van der Waals surface area contributed by atoms with E-state index in [4.69, 9.17) is 17.0 Å². The topological polar surface area (TPSA) is 89.2 Å². The summed E-state index contributed by atoms with van der Waals surface area (Å²) in [6, 6.07) is 0.191. The van der Waals surface area contributed by atoms with Crippen molar-refractivity contribution in [2.24, 2.45) is 5.84 Å². The van der Waals surface area contributed by atoms with E-state index in [-0.39, 0.29) is 18.6 Å². The van der Waals surface area contributed by atoms with Crippen molar-refractivity contribution in [3.05, 3.63) is 0 Å². The van der Waals surface area contributed by atoms with Gasteiger partial charge in [-0.05, 0) is 19.3 Å². The molecule has 0 bridgehead atoms. The van der Waals surface area contributed by atoms with Crippen LogP contribution in [-0.2, 0) is 0 Å². The molecular weight excluding hydrogens is 232 g/mol. The second kappa shape index (κ2) is 6.02. The number of nitrogens with two attached hydrogens (primary N) is 1. The number of nitrogens with zero attached hydrogens (tertiary/aromatic N) is 4. The monoisotopic (exact) mass is 248 g/mol. The molecule has 3 N–H and O–H groups in total. The first-order valence-electron chi connectivity index (χ1n) is 5.87. The van der Waals surface area contributed by atoms with E-state index >= 15 is 0 Å². The molecule has 7 heteroatoms. The zero-order valence-corrected chi connectivity index (χ0v) is 10.1. The maximum absolute atomic E-state index is 5.33. The first kappa shape index (κ1) is 12.4. The third-order valence-corrected chi connectivity index (χ3v) is 2.66. The van der Waals surface area contributed by atoms with Crippen LogP contribution in [0.5, 0.6) is 6.01 Å². The lowest BCUT2D eigenvalue weighted by Gasteiger charge is -2.26. The summed E-state index contributed by atoms with van der Waals surface area (Å²) in [5.74, 6) is 8.54. The molecule has 1 aromatic rings. The molecule has 1 saturated heterocycles. The fraction of sp³-hybridized carbons (Fsp3) is 0.545. The standard InChI is InChI=1S/C11H16N6O/c1-2-8-18-11-14-9(16-12)13-10(15-11)17-6-4-3-5-7-17/h1H,3-8,12H2,(H,13,14,15,16). The first-order chi connectivity index (χ1) is 8.83. The average molecular weight is 248 g/mol. The molecule has 1 fully saturated rings. The average Bonchev–Trinajstić information content (AvgIpc) is 2.45. The van der Waals surface area contributed by atoms with E-state index in [0.29, 0.717) is 5.95 Å². The quantitative estimate of drug-likeness (QED) is 0.445. The molecule has 96 valence electrons. The smallest absolute Gasteiger partial charge is 0.324 e. The van der Waals surface area contributed by atoms with Crippen LogP contribution in [0.3, 0.4) is 0 Å². The molecule has 0 aliphatic carbocycles. The Morgan fingerprint density at radius 3 is 2.72 bits per heavy atom. The van der Waals surface area contributed by atoms with Crippen LogP contribution in [0.15, 0.2) is 0 Å². The van der Waals surface area contributed by atoms with Crippen molar-refractivity contribution in [3.63, 3.8) is 0 Å². The van der Waals surface area contributed by atoms with Gasteiger partial charge in [0, 0.05) is 13.1 Å². The summed E-state index contributed by atoms with van der Waals surface area (Å²) < 4.78 is 5.21. The van der Waals surface area contributed by atoms with Gasteiger partial charge in [0.05, 0.1) is 0 Å². The number of rotatable bonds is 4. The van der Waals surface area contributed by atoms with Crippen molar-refractivity contribution in [1.82, 2.24) is 15.0 Å². The lowest BCUT2D eigenvalue weighted by atomic mass is 10.1. The van der Waals surface area contributed by atoms with Crippen LogP contribution < -0.4 is 20.9 Å². The van der Waals surface area contributed by atoms with Crippen LogP contribution >= 0.6 is 0 Å². The highest BCUT2D eigenvalue weighted by molar-refractivity contribution is 5.38. The fourth-order valence-electron chi connectivity index (χ4n) is 1.82. The largest absolute Gasteiger partial charge is 0.450 e. The lowest BCUT2D eigenvalue weighted by molar-refractivity contribution is 0.338. The summed E-state index contributed by atoms with van der Waals surface area (Å²) in [5, 5.41) is 0. The van der Waals surface area contributed by atoms with Crippen molar-refractivity contribution in [1.29, 1.82) is 0 Å². The predicted molar refractivity (Wildman–Crippen MR) is 68.0 cm³/mol. The van der Waals surface area contributed by atoms with Gasteiger partial charge in [0.15, 0.2) is 6.61 Å². The number of terminal acetylenes is 1. The van der Waals surface area contributed by atoms with E-state index in [1.54, 1.807) is 0 Å². The summed E-state index contributed by atoms with van der Waals surface area (Å²) in [6.45, 7) is 1.98. The van der Waals surface area contributed by atoms with Crippen molar-refractivity contribution in [3.8, 4) is 18.4 Å². The molecule has 0 saturated carbocycles. The second-order valence-corrected chi connectivity index (χ2v) is 3.93. The van der Waals surface area contributed by atoms with Gasteiger partial charge in [-0.15, -0.1) is 6.42 Å². The molecule has 18 heavy (non-hydrogen) atoms. The number of ether oxygens (including phenoxy) is 1. The van der Waals surface area contributed by atoms with Gasteiger partial charge in [0.2, 0.25) is 11.9 Å². The van der Waals surface area contributed by atoms with Gasteiger partial charge in [-0.1, -0.05) is 5.92 Å². The van der Waals surface area contributed by atoms with E-state index < -0.39 is 0 Å². The van der Waals surface area contributed by atoms with Crippen LogP contribution in [0, 0.1) is 12.3 Å². The number of hydrogen-bond acceptors (Lipinski definition) is 7. The Labute approximate surface area is 106 Å². The predicted octanol–water partition coefficient (Wildman–Crippen LogP) is 0.159. The van der Waals surface area contributed by atoms with Crippen LogP contribution in [0.1, 0.15) is 19.3 Å². The Morgan fingerprint density at radius 1 is 1.28 bits per heavy atom. The lowest BCUT2D eigenvalue weighted by Crippen LogP contribution is -2.31. The number of piperidine rings is 1. The number of nitrogen functional groups attached to an aromatic ring is 1. The van der Waals surface area contributed by atoms with Crippen LogP contribution in [0.4, 0.5) is 11.9 Å². The van der Waals surface area contributed by atoms with Crippen molar-refractivity contribution in [2.75, 3.05) is 30.0 Å². The molecule has 0 spiro atoms. The Morgan fingerprint density at radius 2 is 2.06 bits per heavy atom. The molecule has 0 aromatic carbocycles. The molecule has 2 heterocycles.